The van der Waals surface area contributed by atoms with Crippen LogP contribution in [0.25, 0.3) is 29.2 Å². The highest BCUT2D eigenvalue weighted by Crippen LogP contribution is 2.23. The summed E-state index contributed by atoms with van der Waals surface area (Å²) < 4.78 is 3.86. The number of nitrogens with one attached hydrogen (secondary N) is 1. The van der Waals surface area contributed by atoms with Crippen molar-refractivity contribution in [1.29, 1.82) is 0 Å². The van der Waals surface area contributed by atoms with Crippen LogP contribution in [0.3, 0.4) is 0 Å². The van der Waals surface area contributed by atoms with Crippen LogP contribution in [-0.4, -0.2) is 32.3 Å². The summed E-state index contributed by atoms with van der Waals surface area (Å²) in [5.74, 6) is 0. The second-order valence-corrected chi connectivity index (χ2v) is 8.02. The van der Waals surface area contributed by atoms with Gasteiger partial charge in [-0.1, -0.05) is 49.4 Å². The molecule has 30 heavy (non-hydrogen) atoms. The van der Waals surface area contributed by atoms with E-state index in [2.05, 4.69) is 51.6 Å². The van der Waals surface area contributed by atoms with E-state index in [1.807, 2.05) is 36.4 Å². The normalized spacial score (nSPS) is 15.8. The van der Waals surface area contributed by atoms with Gasteiger partial charge in [-0.15, -0.1) is 0 Å². The van der Waals surface area contributed by atoms with Crippen LogP contribution in [-0.2, 0) is 6.67 Å². The average Bonchev–Trinajstić information content (AvgIpc) is 3.27. The van der Waals surface area contributed by atoms with Crippen molar-refractivity contribution in [3.63, 3.8) is 0 Å². The van der Waals surface area contributed by atoms with Crippen LogP contribution in [0.15, 0.2) is 65.6 Å². The van der Waals surface area contributed by atoms with Gasteiger partial charge in [0.05, 0.1) is 22.9 Å². The Morgan fingerprint density at radius 1 is 0.967 bits per heavy atom. The number of benzene rings is 2. The third kappa shape index (κ3) is 3.42. The molecule has 1 aliphatic heterocycles. The Morgan fingerprint density at radius 2 is 1.70 bits per heavy atom. The fraction of sp³-hybridized carbons (Fsp3) is 0.240. The Balaban J connectivity index is 1.61. The summed E-state index contributed by atoms with van der Waals surface area (Å²) in [6.45, 7) is 7.26. The highest BCUT2D eigenvalue weighted by Gasteiger charge is 2.13. The van der Waals surface area contributed by atoms with E-state index in [1.54, 1.807) is 4.68 Å². The lowest BCUT2D eigenvalue weighted by Gasteiger charge is -2.27. The third-order valence-corrected chi connectivity index (χ3v) is 5.94. The van der Waals surface area contributed by atoms with E-state index in [-0.39, 0.29) is 5.56 Å². The number of hydrogen-bond acceptors (Lipinski definition) is 2. The summed E-state index contributed by atoms with van der Waals surface area (Å²) in [5, 5.41) is 5.49. The average molecular weight is 399 g/mol. The molecule has 1 saturated heterocycles. The lowest BCUT2D eigenvalue weighted by atomic mass is 10.1. The van der Waals surface area contributed by atoms with E-state index in [0.717, 1.165) is 36.4 Å². The van der Waals surface area contributed by atoms with Gasteiger partial charge in [-0.25, -0.2) is 4.68 Å². The summed E-state index contributed by atoms with van der Waals surface area (Å²) in [5.41, 5.74) is 2.96. The zero-order valence-electron chi connectivity index (χ0n) is 17.1. The van der Waals surface area contributed by atoms with Crippen molar-refractivity contribution in [2.24, 2.45) is 0 Å². The number of aromatic nitrogens is 3. The van der Waals surface area contributed by atoms with Gasteiger partial charge in [0.1, 0.15) is 0 Å². The van der Waals surface area contributed by atoms with Crippen molar-refractivity contribution in [2.45, 2.75) is 25.9 Å². The molecule has 4 aromatic rings. The first kappa shape index (κ1) is 18.7. The monoisotopic (exact) mass is 398 g/mol. The number of nitrogens with zero attached hydrogens (tertiary/aromatic N) is 3. The van der Waals surface area contributed by atoms with Gasteiger partial charge in [-0.2, -0.15) is 0 Å². The molecule has 0 radical (unpaired) electrons. The number of fused-ring (bicyclic) bond motifs is 1. The Hall–Kier alpha value is -3.31. The first-order chi connectivity index (χ1) is 14.7. The van der Waals surface area contributed by atoms with Crippen molar-refractivity contribution >= 4 is 23.6 Å². The molecule has 0 amide bonds. The van der Waals surface area contributed by atoms with Gasteiger partial charge in [-0.05, 0) is 50.2 Å². The molecule has 2 aromatic carbocycles. The quantitative estimate of drug-likeness (QED) is 0.575. The predicted octanol–water partition coefficient (Wildman–Crippen LogP) is 2.80. The highest BCUT2D eigenvalue weighted by atomic mass is 16.1. The van der Waals surface area contributed by atoms with E-state index in [0.29, 0.717) is 10.6 Å². The van der Waals surface area contributed by atoms with Gasteiger partial charge in [0.25, 0.3) is 5.56 Å². The number of hydrogen-bond donors (Lipinski definition) is 1. The number of H-pyrrole nitrogens is 1. The summed E-state index contributed by atoms with van der Waals surface area (Å²) >= 11 is 0. The molecule has 0 unspecified atom stereocenters. The minimum atomic E-state index is -0.0842. The molecule has 0 atom stereocenters. The maximum Gasteiger partial charge on any atom is 0.279 e. The van der Waals surface area contributed by atoms with Crippen LogP contribution in [0.4, 0.5) is 0 Å². The number of likely N-dealkylation sites (tertiary alicyclic amines) is 1. The molecule has 152 valence electrons. The van der Waals surface area contributed by atoms with Crippen LogP contribution in [0.1, 0.15) is 24.8 Å². The van der Waals surface area contributed by atoms with Gasteiger partial charge in [0.15, 0.2) is 0 Å². The van der Waals surface area contributed by atoms with E-state index >= 15 is 0 Å². The van der Waals surface area contributed by atoms with Crippen molar-refractivity contribution < 1.29 is 0 Å². The maximum atomic E-state index is 13.1. The van der Waals surface area contributed by atoms with Crippen molar-refractivity contribution in [1.82, 2.24) is 19.2 Å². The van der Waals surface area contributed by atoms with E-state index in [4.69, 9.17) is 0 Å². The minimum absolute atomic E-state index is 0.0842. The minimum Gasteiger partial charge on any atom is -0.333 e. The molecule has 1 aliphatic rings. The fourth-order valence-corrected chi connectivity index (χ4v) is 4.38. The van der Waals surface area contributed by atoms with Crippen LogP contribution >= 0.6 is 0 Å². The van der Waals surface area contributed by atoms with Gasteiger partial charge in [-0.3, -0.25) is 14.8 Å². The first-order valence-electron chi connectivity index (χ1n) is 10.6. The van der Waals surface area contributed by atoms with E-state index < -0.39 is 0 Å². The Bertz CT molecular complexity index is 1340. The molecule has 5 heteroatoms. The summed E-state index contributed by atoms with van der Waals surface area (Å²) in [6, 6.07) is 18.0. The second kappa shape index (κ2) is 7.84. The molecule has 0 spiro atoms. The van der Waals surface area contributed by atoms with Gasteiger partial charge < -0.3 is 4.57 Å². The fourth-order valence-electron chi connectivity index (χ4n) is 4.38. The number of piperidine rings is 1. The lowest BCUT2D eigenvalue weighted by molar-refractivity contribution is 0.185. The van der Waals surface area contributed by atoms with Crippen molar-refractivity contribution in [3.05, 3.63) is 87.3 Å². The lowest BCUT2D eigenvalue weighted by Crippen LogP contribution is -2.34. The largest absolute Gasteiger partial charge is 0.333 e. The molecule has 2 aromatic heterocycles. The molecular formula is C25H26N4O. The Labute approximate surface area is 175 Å². The van der Waals surface area contributed by atoms with E-state index in [9.17, 15) is 4.79 Å². The summed E-state index contributed by atoms with van der Waals surface area (Å²) in [6.07, 6.45) is 8.00. The summed E-state index contributed by atoms with van der Waals surface area (Å²) in [4.78, 5) is 15.6. The molecule has 5 rings (SSSR count). The molecule has 1 N–H and O–H groups in total. The number of aromatic amines is 1. The van der Waals surface area contributed by atoms with Crippen molar-refractivity contribution in [3.8, 4) is 5.69 Å². The Morgan fingerprint density at radius 3 is 2.50 bits per heavy atom. The molecule has 3 heterocycles. The maximum absolute atomic E-state index is 13.1. The molecule has 1 fully saturated rings. The molecule has 0 aliphatic carbocycles. The number of rotatable bonds is 4. The van der Waals surface area contributed by atoms with Gasteiger partial charge in [0, 0.05) is 22.7 Å². The molecule has 5 nitrogen and oxygen atoms in total. The predicted molar refractivity (Wildman–Crippen MR) is 122 cm³/mol. The standard InChI is InChI=1S/C25H26N4O/c1-19-23(25(30)29(26-19)21-10-4-2-5-11-21)16-20-17-28(18-27-14-8-3-9-15-27)24-13-7-6-12-22(20)24/h2,4-7,10-13,16-17,26H,1,3,8-9,14-15,18H2/b23-16-. The zero-order valence-corrected chi connectivity index (χ0v) is 17.1. The van der Waals surface area contributed by atoms with Gasteiger partial charge in [0.2, 0.25) is 0 Å². The van der Waals surface area contributed by atoms with Crippen LogP contribution in [0, 0.1) is 0 Å². The Kier molecular flexibility index (Phi) is 4.89. The smallest absolute Gasteiger partial charge is 0.279 e. The van der Waals surface area contributed by atoms with Crippen molar-refractivity contribution in [2.75, 3.05) is 13.1 Å². The third-order valence-electron chi connectivity index (χ3n) is 5.94. The molecular weight excluding hydrogens is 372 g/mol. The first-order valence-corrected chi connectivity index (χ1v) is 10.6. The van der Waals surface area contributed by atoms with Crippen LogP contribution < -0.4 is 16.1 Å². The SMILES string of the molecule is C=c1[nH]n(-c2ccccc2)c(=O)/c1=C\c1cn(CN2CCCCC2)c2ccccc12. The van der Waals surface area contributed by atoms with Crippen LogP contribution in [0.5, 0.6) is 0 Å². The summed E-state index contributed by atoms with van der Waals surface area (Å²) in [7, 11) is 0. The van der Waals surface area contributed by atoms with E-state index in [1.165, 1.54) is 24.8 Å². The zero-order chi connectivity index (χ0) is 20.5. The van der Waals surface area contributed by atoms with Gasteiger partial charge >= 0.3 is 0 Å². The van der Waals surface area contributed by atoms with Crippen LogP contribution in [0.2, 0.25) is 0 Å². The topological polar surface area (TPSA) is 46.0 Å². The highest BCUT2D eigenvalue weighted by molar-refractivity contribution is 5.89. The molecule has 0 bridgehead atoms. The molecule has 0 saturated carbocycles. The number of para-hydroxylation sites is 2. The second-order valence-electron chi connectivity index (χ2n) is 8.02.